The summed E-state index contributed by atoms with van der Waals surface area (Å²) < 4.78 is 15.0. The van der Waals surface area contributed by atoms with Crippen LogP contribution in [-0.2, 0) is 6.54 Å². The average molecular weight is 271 g/mol. The summed E-state index contributed by atoms with van der Waals surface area (Å²) in [6, 6.07) is 7.90. The third-order valence-electron chi connectivity index (χ3n) is 3.08. The van der Waals surface area contributed by atoms with Crippen molar-refractivity contribution in [1.29, 1.82) is 0 Å². The Morgan fingerprint density at radius 3 is 2.85 bits per heavy atom. The summed E-state index contributed by atoms with van der Waals surface area (Å²) in [6.45, 7) is 0.464. The predicted octanol–water partition coefficient (Wildman–Crippen LogP) is 3.13. The summed E-state index contributed by atoms with van der Waals surface area (Å²) in [7, 11) is 0. The summed E-state index contributed by atoms with van der Waals surface area (Å²) >= 11 is 0. The molecule has 0 unspecified atom stereocenters. The van der Waals surface area contributed by atoms with E-state index in [9.17, 15) is 14.5 Å². The first-order valence-electron chi connectivity index (χ1n) is 5.96. The molecule has 0 spiro atoms. The molecule has 6 heteroatoms. The van der Waals surface area contributed by atoms with Crippen LogP contribution in [0.25, 0.3) is 10.9 Å². The number of nitro groups is 1. The van der Waals surface area contributed by atoms with Crippen LogP contribution >= 0.6 is 0 Å². The normalized spacial score (nSPS) is 10.8. The van der Waals surface area contributed by atoms with Crippen LogP contribution in [0.15, 0.2) is 48.9 Å². The molecule has 0 aliphatic heterocycles. The van der Waals surface area contributed by atoms with Crippen LogP contribution in [-0.4, -0.2) is 14.5 Å². The lowest BCUT2D eigenvalue weighted by Crippen LogP contribution is -1.99. The minimum absolute atomic E-state index is 0.0580. The average Bonchev–Trinajstić information content (AvgIpc) is 2.81. The number of halogens is 1. The van der Waals surface area contributed by atoms with E-state index in [2.05, 4.69) is 4.98 Å². The Balaban J connectivity index is 1.98. The zero-order chi connectivity index (χ0) is 14.1. The predicted molar refractivity (Wildman–Crippen MR) is 71.9 cm³/mol. The van der Waals surface area contributed by atoms with E-state index in [1.807, 2.05) is 10.8 Å². The summed E-state index contributed by atoms with van der Waals surface area (Å²) in [5.74, 6) is -0.380. The minimum atomic E-state index is -0.423. The molecule has 3 rings (SSSR count). The molecule has 3 aromatic rings. The summed E-state index contributed by atoms with van der Waals surface area (Å²) in [4.78, 5) is 14.1. The van der Waals surface area contributed by atoms with Crippen molar-refractivity contribution in [2.45, 2.75) is 6.54 Å². The first-order valence-corrected chi connectivity index (χ1v) is 5.96. The van der Waals surface area contributed by atoms with Crippen molar-refractivity contribution in [2.75, 3.05) is 0 Å². The van der Waals surface area contributed by atoms with E-state index in [0.717, 1.165) is 22.7 Å². The molecular formula is C14H10FN3O2. The van der Waals surface area contributed by atoms with E-state index >= 15 is 0 Å². The van der Waals surface area contributed by atoms with Gasteiger partial charge < -0.3 is 4.57 Å². The molecule has 2 aromatic heterocycles. The Morgan fingerprint density at radius 1 is 1.25 bits per heavy atom. The van der Waals surface area contributed by atoms with Gasteiger partial charge in [0.15, 0.2) is 0 Å². The lowest BCUT2D eigenvalue weighted by Gasteiger charge is -2.05. The molecule has 0 radical (unpaired) electrons. The van der Waals surface area contributed by atoms with E-state index in [0.29, 0.717) is 6.54 Å². The smallest absolute Gasteiger partial charge is 0.270 e. The number of rotatable bonds is 3. The fourth-order valence-electron chi connectivity index (χ4n) is 2.18. The molecule has 0 saturated heterocycles. The Morgan fingerprint density at radius 2 is 2.10 bits per heavy atom. The van der Waals surface area contributed by atoms with Gasteiger partial charge in [0.1, 0.15) is 5.82 Å². The molecule has 100 valence electrons. The zero-order valence-corrected chi connectivity index (χ0v) is 10.4. The fraction of sp³-hybridized carbons (Fsp3) is 0.0714. The first kappa shape index (κ1) is 12.3. The molecule has 1 aromatic carbocycles. The molecule has 5 nitrogen and oxygen atoms in total. The number of non-ortho nitro benzene ring substituents is 1. The van der Waals surface area contributed by atoms with Crippen LogP contribution in [0.5, 0.6) is 0 Å². The van der Waals surface area contributed by atoms with Crippen LogP contribution < -0.4 is 0 Å². The topological polar surface area (TPSA) is 61.0 Å². The molecule has 0 atom stereocenters. The number of hydrogen-bond donors (Lipinski definition) is 0. The number of nitro benzene ring substituents is 1. The number of hydrogen-bond acceptors (Lipinski definition) is 3. The fourth-order valence-corrected chi connectivity index (χ4v) is 2.18. The monoisotopic (exact) mass is 271 g/mol. The quantitative estimate of drug-likeness (QED) is 0.543. The third-order valence-corrected chi connectivity index (χ3v) is 3.08. The van der Waals surface area contributed by atoms with Gasteiger partial charge in [-0.05, 0) is 23.8 Å². The van der Waals surface area contributed by atoms with Gasteiger partial charge in [0.05, 0.1) is 11.1 Å². The number of aromatic nitrogens is 2. The second-order valence-corrected chi connectivity index (χ2v) is 4.46. The summed E-state index contributed by atoms with van der Waals surface area (Å²) in [6.07, 6.45) is 4.57. The Hall–Kier alpha value is -2.76. The molecule has 0 saturated carbocycles. The maximum atomic E-state index is 13.1. The Bertz CT molecular complexity index is 798. The second kappa shape index (κ2) is 4.73. The lowest BCUT2D eigenvalue weighted by atomic mass is 10.2. The maximum absolute atomic E-state index is 13.1. The van der Waals surface area contributed by atoms with Gasteiger partial charge >= 0.3 is 0 Å². The second-order valence-electron chi connectivity index (χ2n) is 4.46. The van der Waals surface area contributed by atoms with E-state index < -0.39 is 4.92 Å². The van der Waals surface area contributed by atoms with Gasteiger partial charge in [0, 0.05) is 42.0 Å². The molecule has 20 heavy (non-hydrogen) atoms. The molecule has 0 aliphatic carbocycles. The Kier molecular flexibility index (Phi) is 2.90. The third kappa shape index (κ3) is 2.23. The van der Waals surface area contributed by atoms with Gasteiger partial charge in [-0.1, -0.05) is 0 Å². The number of nitrogens with zero attached hydrogens (tertiary/aromatic N) is 3. The van der Waals surface area contributed by atoms with Crippen LogP contribution in [0.1, 0.15) is 5.56 Å². The van der Waals surface area contributed by atoms with Gasteiger partial charge in [-0.25, -0.2) is 4.39 Å². The highest BCUT2D eigenvalue weighted by atomic mass is 19.1. The van der Waals surface area contributed by atoms with Crippen LogP contribution in [0.2, 0.25) is 0 Å². The summed E-state index contributed by atoms with van der Waals surface area (Å²) in [5.41, 5.74) is 1.66. The Labute approximate surface area is 113 Å². The molecule has 0 aliphatic rings. The number of benzene rings is 1. The van der Waals surface area contributed by atoms with Gasteiger partial charge in [0.2, 0.25) is 0 Å². The van der Waals surface area contributed by atoms with Crippen molar-refractivity contribution < 1.29 is 9.31 Å². The molecular weight excluding hydrogens is 261 g/mol. The highest BCUT2D eigenvalue weighted by molar-refractivity contribution is 5.82. The van der Waals surface area contributed by atoms with Crippen molar-refractivity contribution in [3.05, 3.63) is 70.4 Å². The van der Waals surface area contributed by atoms with E-state index in [1.165, 1.54) is 18.2 Å². The van der Waals surface area contributed by atoms with E-state index in [4.69, 9.17) is 0 Å². The summed E-state index contributed by atoms with van der Waals surface area (Å²) in [5, 5.41) is 11.5. The van der Waals surface area contributed by atoms with Gasteiger partial charge in [-0.3, -0.25) is 15.1 Å². The largest absolute Gasteiger partial charge is 0.343 e. The van der Waals surface area contributed by atoms with Crippen molar-refractivity contribution in [1.82, 2.24) is 9.55 Å². The standard InChI is InChI=1S/C14H10FN3O2/c15-12-5-10(7-16-8-12)9-17-4-3-11-6-13(18(19)20)1-2-14(11)17/h1-8H,9H2. The van der Waals surface area contributed by atoms with E-state index in [1.54, 1.807) is 18.3 Å². The zero-order valence-electron chi connectivity index (χ0n) is 10.4. The van der Waals surface area contributed by atoms with Crippen LogP contribution in [0.4, 0.5) is 10.1 Å². The van der Waals surface area contributed by atoms with Crippen molar-refractivity contribution in [3.8, 4) is 0 Å². The maximum Gasteiger partial charge on any atom is 0.270 e. The van der Waals surface area contributed by atoms with Crippen molar-refractivity contribution >= 4 is 16.6 Å². The van der Waals surface area contributed by atoms with Crippen LogP contribution in [0.3, 0.4) is 0 Å². The van der Waals surface area contributed by atoms with Crippen LogP contribution in [0, 0.1) is 15.9 Å². The van der Waals surface area contributed by atoms with Gasteiger partial charge in [0.25, 0.3) is 5.69 Å². The lowest BCUT2D eigenvalue weighted by molar-refractivity contribution is -0.384. The molecule has 0 N–H and O–H groups in total. The molecule has 0 bridgehead atoms. The van der Waals surface area contributed by atoms with Crippen molar-refractivity contribution in [3.63, 3.8) is 0 Å². The minimum Gasteiger partial charge on any atom is -0.343 e. The number of fused-ring (bicyclic) bond motifs is 1. The molecule has 0 fully saturated rings. The van der Waals surface area contributed by atoms with Gasteiger partial charge in [-0.2, -0.15) is 0 Å². The number of pyridine rings is 1. The molecule has 0 amide bonds. The van der Waals surface area contributed by atoms with E-state index in [-0.39, 0.29) is 11.5 Å². The molecule has 2 heterocycles. The first-order chi connectivity index (χ1) is 9.63. The SMILES string of the molecule is O=[N+]([O-])c1ccc2c(ccn2Cc2cncc(F)c2)c1. The van der Waals surface area contributed by atoms with Crippen molar-refractivity contribution in [2.24, 2.45) is 0 Å². The highest BCUT2D eigenvalue weighted by Gasteiger charge is 2.09. The van der Waals surface area contributed by atoms with Gasteiger partial charge in [-0.15, -0.1) is 0 Å². The highest BCUT2D eigenvalue weighted by Crippen LogP contribution is 2.22.